The number of aliphatic hydroxyl groups excluding tert-OH is 2. The molecule has 0 aromatic carbocycles. The molecule has 5 atom stereocenters. The summed E-state index contributed by atoms with van der Waals surface area (Å²) in [5.74, 6) is -0.272. The largest absolute Gasteiger partial charge is 0.465 e. The molecule has 2 aliphatic heterocycles. The van der Waals surface area contributed by atoms with Crippen LogP contribution in [0.25, 0.3) is 0 Å². The number of amides is 2. The summed E-state index contributed by atoms with van der Waals surface area (Å²) in [5.41, 5.74) is -0.597. The molecule has 0 aromatic rings. The van der Waals surface area contributed by atoms with Crippen molar-refractivity contribution >= 4 is 28.9 Å². The summed E-state index contributed by atoms with van der Waals surface area (Å²) in [4.78, 5) is 27.3. The first-order valence-electron chi connectivity index (χ1n) is 6.86. The second-order valence-electron chi connectivity index (χ2n) is 5.01. The van der Waals surface area contributed by atoms with E-state index < -0.39 is 35.9 Å². The van der Waals surface area contributed by atoms with Gasteiger partial charge in [-0.1, -0.05) is 11.8 Å². The zero-order valence-electron chi connectivity index (χ0n) is 12.2. The minimum atomic E-state index is -1.21. The number of aliphatic hydroxyl groups is 2. The molecule has 0 bridgehead atoms. The lowest BCUT2D eigenvalue weighted by molar-refractivity contribution is -0.152. The molecule has 9 nitrogen and oxygen atoms in total. The minimum Gasteiger partial charge on any atom is -0.465 e. The molecule has 10 heteroatoms. The molecule has 0 radical (unpaired) electrons. The van der Waals surface area contributed by atoms with Gasteiger partial charge < -0.3 is 25.4 Å². The molecular weight excluding hydrogens is 314 g/mol. The number of aliphatic imine (C=N–C) groups is 1. The van der Waals surface area contributed by atoms with E-state index in [1.165, 1.54) is 6.92 Å². The fraction of sp³-hybridized carbons (Fsp3) is 0.750. The van der Waals surface area contributed by atoms with Crippen molar-refractivity contribution in [2.45, 2.75) is 43.6 Å². The van der Waals surface area contributed by atoms with E-state index in [9.17, 15) is 19.8 Å². The zero-order chi connectivity index (χ0) is 16.4. The van der Waals surface area contributed by atoms with Gasteiger partial charge in [-0.2, -0.15) is 0 Å². The van der Waals surface area contributed by atoms with Crippen LogP contribution >= 0.6 is 11.8 Å². The highest BCUT2D eigenvalue weighted by atomic mass is 32.2. The number of fused-ring (bicyclic) bond motifs is 1. The Morgan fingerprint density at radius 2 is 2.09 bits per heavy atom. The predicted octanol–water partition coefficient (Wildman–Crippen LogP) is -0.959. The monoisotopic (exact) mass is 333 g/mol. The number of thioether (sulfide) groups is 1. The third-order valence-corrected chi connectivity index (χ3v) is 4.64. The Labute approximate surface area is 131 Å². The van der Waals surface area contributed by atoms with Gasteiger partial charge in [0, 0.05) is 20.0 Å². The number of carboxylic acid groups (broad SMARTS) is 1. The number of rotatable bonds is 3. The van der Waals surface area contributed by atoms with Gasteiger partial charge in [0.15, 0.2) is 5.17 Å². The van der Waals surface area contributed by atoms with Gasteiger partial charge >= 0.3 is 6.09 Å². The van der Waals surface area contributed by atoms with Crippen molar-refractivity contribution < 1.29 is 29.6 Å². The number of hydrogen-bond acceptors (Lipinski definition) is 7. The normalized spacial score (nSPS) is 33.8. The predicted molar refractivity (Wildman–Crippen MR) is 78.6 cm³/mol. The Morgan fingerprint density at radius 1 is 1.41 bits per heavy atom. The highest BCUT2D eigenvalue weighted by molar-refractivity contribution is 8.14. The SMILES string of the molecule is CCN(C(=O)O)C1=N[C@@H]2[C@@H](O)[C@H](O)[C@@H](CNC(C)=O)O[C@@H]2S1. The van der Waals surface area contributed by atoms with E-state index in [1.807, 2.05) is 0 Å². The summed E-state index contributed by atoms with van der Waals surface area (Å²) in [6.45, 7) is 3.29. The maximum Gasteiger partial charge on any atom is 0.413 e. The number of nitrogens with zero attached hydrogens (tertiary/aromatic N) is 2. The number of carbonyl (C=O) groups excluding carboxylic acids is 1. The number of hydrogen-bond donors (Lipinski definition) is 4. The molecule has 0 aliphatic carbocycles. The number of amidine groups is 1. The van der Waals surface area contributed by atoms with Gasteiger partial charge in [0.1, 0.15) is 29.8 Å². The summed E-state index contributed by atoms with van der Waals surface area (Å²) in [7, 11) is 0. The maximum atomic E-state index is 11.1. The fourth-order valence-corrected chi connectivity index (χ4v) is 3.60. The molecule has 2 aliphatic rings. The third kappa shape index (κ3) is 3.35. The van der Waals surface area contributed by atoms with Gasteiger partial charge in [-0.05, 0) is 6.92 Å². The van der Waals surface area contributed by atoms with Gasteiger partial charge in [-0.15, -0.1) is 0 Å². The first kappa shape index (κ1) is 17.0. The smallest absolute Gasteiger partial charge is 0.413 e. The molecule has 0 aromatic heterocycles. The van der Waals surface area contributed by atoms with Crippen molar-refractivity contribution in [3.8, 4) is 0 Å². The molecule has 1 fully saturated rings. The van der Waals surface area contributed by atoms with Crippen LogP contribution in [0.2, 0.25) is 0 Å². The average Bonchev–Trinajstić information content (AvgIpc) is 2.85. The summed E-state index contributed by atoms with van der Waals surface area (Å²) in [5, 5.41) is 32.1. The van der Waals surface area contributed by atoms with Crippen molar-refractivity contribution in [2.24, 2.45) is 4.99 Å². The summed E-state index contributed by atoms with van der Waals surface area (Å²) < 4.78 is 5.65. The summed E-state index contributed by atoms with van der Waals surface area (Å²) in [6.07, 6.45) is -4.31. The van der Waals surface area contributed by atoms with Crippen LogP contribution in [-0.4, -0.2) is 80.3 Å². The highest BCUT2D eigenvalue weighted by Gasteiger charge is 2.49. The molecular formula is C12H19N3O6S. The van der Waals surface area contributed by atoms with Gasteiger partial charge in [0.05, 0.1) is 0 Å². The summed E-state index contributed by atoms with van der Waals surface area (Å²) >= 11 is 1.09. The minimum absolute atomic E-state index is 0.0586. The van der Waals surface area contributed by atoms with Gasteiger partial charge in [0.2, 0.25) is 5.91 Å². The van der Waals surface area contributed by atoms with E-state index in [0.29, 0.717) is 0 Å². The zero-order valence-corrected chi connectivity index (χ0v) is 13.0. The summed E-state index contributed by atoms with van der Waals surface area (Å²) in [6, 6.07) is -0.739. The van der Waals surface area contributed by atoms with E-state index in [2.05, 4.69) is 10.3 Å². The van der Waals surface area contributed by atoms with Crippen molar-refractivity contribution in [1.29, 1.82) is 0 Å². The molecule has 1 saturated heterocycles. The van der Waals surface area contributed by atoms with Crippen LogP contribution < -0.4 is 5.32 Å². The van der Waals surface area contributed by atoms with Crippen molar-refractivity contribution in [2.75, 3.05) is 13.1 Å². The Hall–Kier alpha value is -1.36. The van der Waals surface area contributed by atoms with Crippen molar-refractivity contribution in [3.63, 3.8) is 0 Å². The Kier molecular flexibility index (Phi) is 5.27. The lowest BCUT2D eigenvalue weighted by Crippen LogP contribution is -2.57. The van der Waals surface area contributed by atoms with E-state index in [4.69, 9.17) is 9.84 Å². The quantitative estimate of drug-likeness (QED) is 0.523. The van der Waals surface area contributed by atoms with Crippen LogP contribution in [0.1, 0.15) is 13.8 Å². The van der Waals surface area contributed by atoms with Crippen LogP contribution in [0.5, 0.6) is 0 Å². The number of ether oxygens (including phenoxy) is 1. The van der Waals surface area contributed by atoms with E-state index in [1.54, 1.807) is 6.92 Å². The lowest BCUT2D eigenvalue weighted by atomic mass is 9.98. The van der Waals surface area contributed by atoms with Crippen molar-refractivity contribution in [3.05, 3.63) is 0 Å². The Balaban J connectivity index is 2.09. The molecule has 2 heterocycles. The molecule has 0 saturated carbocycles. The van der Waals surface area contributed by atoms with Gasteiger partial charge in [-0.25, -0.2) is 4.79 Å². The molecule has 22 heavy (non-hydrogen) atoms. The average molecular weight is 333 g/mol. The van der Waals surface area contributed by atoms with Crippen LogP contribution in [0.3, 0.4) is 0 Å². The first-order valence-corrected chi connectivity index (χ1v) is 7.74. The van der Waals surface area contributed by atoms with Crippen LogP contribution in [0, 0.1) is 0 Å². The number of carbonyl (C=O) groups is 2. The third-order valence-electron chi connectivity index (χ3n) is 3.48. The maximum absolute atomic E-state index is 11.1. The van der Waals surface area contributed by atoms with Gasteiger partial charge in [-0.3, -0.25) is 14.7 Å². The van der Waals surface area contributed by atoms with Gasteiger partial charge in [0.25, 0.3) is 0 Å². The van der Waals surface area contributed by atoms with Crippen molar-refractivity contribution in [1.82, 2.24) is 10.2 Å². The van der Waals surface area contributed by atoms with Crippen LogP contribution in [-0.2, 0) is 9.53 Å². The Bertz CT molecular complexity index is 487. The van der Waals surface area contributed by atoms with E-state index >= 15 is 0 Å². The lowest BCUT2D eigenvalue weighted by Gasteiger charge is -2.38. The van der Waals surface area contributed by atoms with Crippen LogP contribution in [0.4, 0.5) is 4.79 Å². The van der Waals surface area contributed by atoms with E-state index in [0.717, 1.165) is 16.7 Å². The second-order valence-corrected chi connectivity index (χ2v) is 6.07. The van der Waals surface area contributed by atoms with Crippen LogP contribution in [0.15, 0.2) is 4.99 Å². The molecule has 0 unspecified atom stereocenters. The molecule has 2 amide bonds. The Morgan fingerprint density at radius 3 is 2.64 bits per heavy atom. The topological polar surface area (TPSA) is 132 Å². The molecule has 4 N–H and O–H groups in total. The molecule has 0 spiro atoms. The second kappa shape index (κ2) is 6.82. The first-order chi connectivity index (χ1) is 10.3. The molecule has 124 valence electrons. The fourth-order valence-electron chi connectivity index (χ4n) is 2.31. The number of nitrogens with one attached hydrogen (secondary N) is 1. The van der Waals surface area contributed by atoms with E-state index in [-0.39, 0.29) is 24.2 Å². The highest BCUT2D eigenvalue weighted by Crippen LogP contribution is 2.37. The molecule has 2 rings (SSSR count). The standard InChI is InChI=1S/C12H19N3O6S/c1-3-15(12(19)20)11-14-7-9(18)8(17)6(4-13-5(2)16)21-10(7)22-11/h6-10,17-18H,3-4H2,1-2H3,(H,13,16)(H,19,20)/t6-,7-,8-,9-,10-/m1/s1.